The van der Waals surface area contributed by atoms with Crippen molar-refractivity contribution < 1.29 is 13.2 Å². The molecule has 132 valence electrons. The second kappa shape index (κ2) is 8.20. The predicted octanol–water partition coefficient (Wildman–Crippen LogP) is 0.182. The predicted molar refractivity (Wildman–Crippen MR) is 93.1 cm³/mol. The maximum Gasteiger partial charge on any atom is 0.239 e. The third kappa shape index (κ3) is 5.27. The molecule has 2 rings (SSSR count). The van der Waals surface area contributed by atoms with Crippen LogP contribution in [0.4, 0.5) is 5.69 Å². The summed E-state index contributed by atoms with van der Waals surface area (Å²) in [5.41, 5.74) is 6.78. The second-order valence-electron chi connectivity index (χ2n) is 4.95. The first-order valence-corrected chi connectivity index (χ1v) is 8.57. The van der Waals surface area contributed by atoms with Crippen LogP contribution >= 0.6 is 12.4 Å². The van der Waals surface area contributed by atoms with Crippen molar-refractivity contribution >= 4 is 34.0 Å². The molecule has 9 nitrogen and oxygen atoms in total. The third-order valence-corrected chi connectivity index (χ3v) is 4.35. The van der Waals surface area contributed by atoms with Gasteiger partial charge in [0.15, 0.2) is 5.82 Å². The molecule has 1 heterocycles. The minimum Gasteiger partial charge on any atom is -0.325 e. The van der Waals surface area contributed by atoms with Crippen LogP contribution in [0.25, 0.3) is 11.4 Å². The normalized spacial score (nSPS) is 11.2. The van der Waals surface area contributed by atoms with Crippen LogP contribution in [0.3, 0.4) is 0 Å². The number of aromatic nitrogens is 3. The van der Waals surface area contributed by atoms with Crippen molar-refractivity contribution in [1.82, 2.24) is 19.5 Å². The van der Waals surface area contributed by atoms with E-state index in [1.807, 2.05) is 0 Å². The van der Waals surface area contributed by atoms with Crippen molar-refractivity contribution in [3.63, 3.8) is 0 Å². The monoisotopic (exact) mass is 374 g/mol. The van der Waals surface area contributed by atoms with E-state index in [-0.39, 0.29) is 25.5 Å². The molecule has 24 heavy (non-hydrogen) atoms. The number of rotatable bonds is 6. The minimum absolute atomic E-state index is 0. The van der Waals surface area contributed by atoms with Crippen LogP contribution in [0, 0.1) is 0 Å². The molecule has 0 saturated carbocycles. The van der Waals surface area contributed by atoms with Gasteiger partial charge in [0.25, 0.3) is 0 Å². The van der Waals surface area contributed by atoms with Crippen molar-refractivity contribution in [3.8, 4) is 11.4 Å². The van der Waals surface area contributed by atoms with Crippen LogP contribution < -0.4 is 11.1 Å². The lowest BCUT2D eigenvalue weighted by molar-refractivity contribution is -0.116. The zero-order valence-electron chi connectivity index (χ0n) is 13.2. The quantitative estimate of drug-likeness (QED) is 0.660. The summed E-state index contributed by atoms with van der Waals surface area (Å²) in [6.07, 6.45) is 1.04. The van der Waals surface area contributed by atoms with E-state index in [9.17, 15) is 13.2 Å². The van der Waals surface area contributed by atoms with E-state index in [1.165, 1.54) is 7.05 Å². The van der Waals surface area contributed by atoms with Gasteiger partial charge in [0.2, 0.25) is 15.9 Å². The molecule has 2 aromatic rings. The van der Waals surface area contributed by atoms with Gasteiger partial charge in [-0.25, -0.2) is 13.4 Å². The van der Waals surface area contributed by atoms with E-state index >= 15 is 0 Å². The minimum atomic E-state index is -3.39. The molecule has 1 aromatic carbocycles. The van der Waals surface area contributed by atoms with Gasteiger partial charge >= 0.3 is 0 Å². The van der Waals surface area contributed by atoms with Gasteiger partial charge in [-0.3, -0.25) is 9.89 Å². The highest BCUT2D eigenvalue weighted by Crippen LogP contribution is 2.17. The Morgan fingerprint density at radius 3 is 2.46 bits per heavy atom. The van der Waals surface area contributed by atoms with Gasteiger partial charge in [-0.15, -0.1) is 12.4 Å². The Morgan fingerprint density at radius 2 is 1.96 bits per heavy atom. The van der Waals surface area contributed by atoms with E-state index in [0.29, 0.717) is 17.3 Å². The van der Waals surface area contributed by atoms with E-state index in [2.05, 4.69) is 20.5 Å². The Labute approximate surface area is 146 Å². The molecule has 0 aliphatic carbocycles. The molecule has 0 bridgehead atoms. The lowest BCUT2D eigenvalue weighted by Crippen LogP contribution is -2.34. The van der Waals surface area contributed by atoms with Gasteiger partial charge < -0.3 is 11.1 Å². The van der Waals surface area contributed by atoms with Gasteiger partial charge in [-0.05, 0) is 24.3 Å². The fourth-order valence-corrected chi connectivity index (χ4v) is 2.09. The number of nitrogens with one attached hydrogen (secondary N) is 2. The maximum atomic E-state index is 11.8. The summed E-state index contributed by atoms with van der Waals surface area (Å²) in [4.78, 5) is 16.0. The summed E-state index contributed by atoms with van der Waals surface area (Å²) in [6.45, 7) is 0.0242. The van der Waals surface area contributed by atoms with Gasteiger partial charge in [0, 0.05) is 18.3 Å². The topological polar surface area (TPSA) is 134 Å². The SMILES string of the molecule is CN(CC(=O)Nc1ccc(-c2n[nH]c(CN)n2)cc1)S(C)(=O)=O.Cl. The first-order valence-electron chi connectivity index (χ1n) is 6.72. The largest absolute Gasteiger partial charge is 0.325 e. The molecule has 1 amide bonds. The van der Waals surface area contributed by atoms with E-state index < -0.39 is 15.9 Å². The molecule has 0 saturated heterocycles. The number of H-pyrrole nitrogens is 1. The smallest absolute Gasteiger partial charge is 0.239 e. The Bertz CT molecular complexity index is 790. The second-order valence-corrected chi connectivity index (χ2v) is 7.04. The number of halogens is 1. The number of nitrogens with zero attached hydrogens (tertiary/aromatic N) is 3. The van der Waals surface area contributed by atoms with Crippen LogP contribution in [-0.4, -0.2) is 53.7 Å². The van der Waals surface area contributed by atoms with Crippen LogP contribution in [0.15, 0.2) is 24.3 Å². The molecule has 0 unspecified atom stereocenters. The van der Waals surface area contributed by atoms with Crippen LogP contribution in [0.1, 0.15) is 5.82 Å². The summed E-state index contributed by atoms with van der Waals surface area (Å²) < 4.78 is 23.5. The number of carbonyl (C=O) groups excluding carboxylic acids is 1. The number of benzene rings is 1. The zero-order valence-corrected chi connectivity index (χ0v) is 14.8. The molecule has 1 aromatic heterocycles. The van der Waals surface area contributed by atoms with Gasteiger partial charge in [-0.1, -0.05) is 0 Å². The average Bonchev–Trinajstić information content (AvgIpc) is 2.96. The van der Waals surface area contributed by atoms with Gasteiger partial charge in [0.05, 0.1) is 19.3 Å². The molecular weight excluding hydrogens is 356 g/mol. The van der Waals surface area contributed by atoms with Gasteiger partial charge in [-0.2, -0.15) is 9.40 Å². The Kier molecular flexibility index (Phi) is 6.84. The van der Waals surface area contributed by atoms with E-state index in [1.54, 1.807) is 24.3 Å². The third-order valence-electron chi connectivity index (χ3n) is 3.08. The number of aromatic amines is 1. The molecule has 11 heteroatoms. The summed E-state index contributed by atoms with van der Waals surface area (Å²) in [5.74, 6) is 0.676. The van der Waals surface area contributed by atoms with Gasteiger partial charge in [0.1, 0.15) is 5.82 Å². The average molecular weight is 375 g/mol. The zero-order chi connectivity index (χ0) is 17.0. The van der Waals surface area contributed by atoms with E-state index in [4.69, 9.17) is 5.73 Å². The molecule has 4 N–H and O–H groups in total. The summed E-state index contributed by atoms with van der Waals surface area (Å²) >= 11 is 0. The van der Waals surface area contributed by atoms with Crippen molar-refractivity contribution in [2.75, 3.05) is 25.2 Å². The first-order chi connectivity index (χ1) is 10.8. The standard InChI is InChI=1S/C13H18N6O3S.ClH/c1-19(23(2,21)22)8-12(20)15-10-5-3-9(4-6-10)13-16-11(7-14)17-18-13;/h3-6H,7-8,14H2,1-2H3,(H,15,20)(H,16,17,18);1H. The van der Waals surface area contributed by atoms with Crippen LogP contribution in [-0.2, 0) is 21.4 Å². The molecule has 0 atom stereocenters. The number of hydrogen-bond donors (Lipinski definition) is 3. The highest BCUT2D eigenvalue weighted by atomic mass is 35.5. The van der Waals surface area contributed by atoms with Crippen molar-refractivity contribution in [1.29, 1.82) is 0 Å². The first kappa shape index (κ1) is 20.0. The van der Waals surface area contributed by atoms with Crippen LogP contribution in [0.2, 0.25) is 0 Å². The molecule has 0 spiro atoms. The molecule has 0 radical (unpaired) electrons. The summed E-state index contributed by atoms with van der Waals surface area (Å²) in [6, 6.07) is 6.87. The summed E-state index contributed by atoms with van der Waals surface area (Å²) in [5, 5.41) is 9.38. The van der Waals surface area contributed by atoms with Crippen molar-refractivity contribution in [2.24, 2.45) is 5.73 Å². The number of likely N-dealkylation sites (N-methyl/N-ethyl adjacent to an activating group) is 1. The Hall–Kier alpha value is -2.01. The fraction of sp³-hybridized carbons (Fsp3) is 0.308. The fourth-order valence-electron chi connectivity index (χ4n) is 1.74. The Balaban J connectivity index is 0.00000288. The number of amides is 1. The summed E-state index contributed by atoms with van der Waals surface area (Å²) in [7, 11) is -2.05. The molecule has 0 fully saturated rings. The molecule has 0 aliphatic rings. The number of sulfonamides is 1. The van der Waals surface area contributed by atoms with E-state index in [0.717, 1.165) is 16.1 Å². The lowest BCUT2D eigenvalue weighted by Gasteiger charge is -2.13. The number of hydrogen-bond acceptors (Lipinski definition) is 6. The van der Waals surface area contributed by atoms with Crippen molar-refractivity contribution in [2.45, 2.75) is 6.54 Å². The highest BCUT2D eigenvalue weighted by molar-refractivity contribution is 7.88. The lowest BCUT2D eigenvalue weighted by atomic mass is 10.2. The molecular formula is C13H19ClN6O3S. The molecule has 0 aliphatic heterocycles. The highest BCUT2D eigenvalue weighted by Gasteiger charge is 2.15. The Morgan fingerprint density at radius 1 is 1.33 bits per heavy atom. The van der Waals surface area contributed by atoms with Crippen molar-refractivity contribution in [3.05, 3.63) is 30.1 Å². The number of carbonyl (C=O) groups is 1. The van der Waals surface area contributed by atoms with Crippen LogP contribution in [0.5, 0.6) is 0 Å². The maximum absolute atomic E-state index is 11.8. The number of anilines is 1. The number of nitrogens with two attached hydrogens (primary N) is 1.